The monoisotopic (exact) mass is 297 g/mol. The highest BCUT2D eigenvalue weighted by Gasteiger charge is 2.20. The Hall–Kier alpha value is -1.07. The molecule has 0 aliphatic carbocycles. The maximum Gasteiger partial charge on any atom is 0.315 e. The molecule has 1 aliphatic heterocycles. The lowest BCUT2D eigenvalue weighted by Crippen LogP contribution is -2.48. The van der Waals surface area contributed by atoms with Crippen molar-refractivity contribution in [2.24, 2.45) is 5.92 Å². The normalized spacial score (nSPS) is 19.8. The average Bonchev–Trinajstić information content (AvgIpc) is 2.37. The van der Waals surface area contributed by atoms with Gasteiger partial charge in [-0.3, -0.25) is 4.90 Å². The van der Waals surface area contributed by atoms with E-state index < -0.39 is 0 Å². The fraction of sp³-hybridized carbons (Fsp3) is 0.812. The number of urea groups is 1. The van der Waals surface area contributed by atoms with E-state index in [0.717, 1.165) is 32.5 Å². The third kappa shape index (κ3) is 8.07. The van der Waals surface area contributed by atoms with Crippen LogP contribution in [0.5, 0.6) is 0 Å². The summed E-state index contributed by atoms with van der Waals surface area (Å²) < 4.78 is 0. The first kappa shape index (κ1) is 18.0. The smallest absolute Gasteiger partial charge is 0.315 e. The predicted octanol–water partition coefficient (Wildman–Crippen LogP) is 1.73. The summed E-state index contributed by atoms with van der Waals surface area (Å²) >= 11 is 0. The van der Waals surface area contributed by atoms with Gasteiger partial charge in [0.1, 0.15) is 0 Å². The van der Waals surface area contributed by atoms with Gasteiger partial charge in [-0.05, 0) is 39.0 Å². The first-order chi connectivity index (χ1) is 9.86. The largest absolute Gasteiger partial charge is 0.393 e. The van der Waals surface area contributed by atoms with Crippen molar-refractivity contribution in [2.75, 3.05) is 26.2 Å². The van der Waals surface area contributed by atoms with Crippen LogP contribution >= 0.6 is 0 Å². The lowest BCUT2D eigenvalue weighted by Gasteiger charge is -2.32. The molecule has 5 heteroatoms. The molecule has 1 heterocycles. The van der Waals surface area contributed by atoms with Gasteiger partial charge in [0, 0.05) is 32.2 Å². The van der Waals surface area contributed by atoms with Gasteiger partial charge in [0.2, 0.25) is 0 Å². The minimum absolute atomic E-state index is 0.0919. The van der Waals surface area contributed by atoms with Gasteiger partial charge < -0.3 is 15.7 Å². The number of nitrogens with zero attached hydrogens (tertiary/aromatic N) is 1. The van der Waals surface area contributed by atoms with Crippen molar-refractivity contribution in [1.82, 2.24) is 15.5 Å². The number of carbonyl (C=O) groups excluding carboxylic acids is 1. The summed E-state index contributed by atoms with van der Waals surface area (Å²) in [7, 11) is 0. The van der Waals surface area contributed by atoms with Crippen LogP contribution in [0.4, 0.5) is 4.79 Å². The highest BCUT2D eigenvalue weighted by molar-refractivity contribution is 5.74. The Kier molecular flexibility index (Phi) is 7.75. The SMILES string of the molecule is C=C(C)CN1CCC(NC(=O)NCC(C)CC(C)O)CC1. The second kappa shape index (κ2) is 9.05. The maximum absolute atomic E-state index is 11.8. The van der Waals surface area contributed by atoms with Gasteiger partial charge in [0.15, 0.2) is 0 Å². The van der Waals surface area contributed by atoms with E-state index in [0.29, 0.717) is 13.0 Å². The number of hydrogen-bond donors (Lipinski definition) is 3. The molecule has 5 nitrogen and oxygen atoms in total. The number of aliphatic hydroxyl groups is 1. The van der Waals surface area contributed by atoms with E-state index in [1.54, 1.807) is 6.92 Å². The Morgan fingerprint density at radius 3 is 2.52 bits per heavy atom. The van der Waals surface area contributed by atoms with Crippen LogP contribution in [0.15, 0.2) is 12.2 Å². The molecular formula is C16H31N3O2. The topological polar surface area (TPSA) is 64.6 Å². The molecule has 3 N–H and O–H groups in total. The maximum atomic E-state index is 11.8. The second-order valence-electron chi connectivity index (χ2n) is 6.55. The average molecular weight is 297 g/mol. The molecule has 0 aromatic rings. The standard InChI is InChI=1S/C16H31N3O2/c1-12(2)11-19-7-5-15(6-8-19)18-16(21)17-10-13(3)9-14(4)20/h13-15,20H,1,5-11H2,2-4H3,(H2,17,18,21). The zero-order valence-corrected chi connectivity index (χ0v) is 13.7. The number of rotatable bonds is 7. The first-order valence-electron chi connectivity index (χ1n) is 7.96. The Bertz CT molecular complexity index is 336. The Morgan fingerprint density at radius 1 is 1.38 bits per heavy atom. The van der Waals surface area contributed by atoms with E-state index in [1.807, 2.05) is 13.8 Å². The molecule has 0 bridgehead atoms. The lowest BCUT2D eigenvalue weighted by atomic mass is 10.0. The Balaban J connectivity index is 2.17. The fourth-order valence-electron chi connectivity index (χ4n) is 2.79. The highest BCUT2D eigenvalue weighted by Crippen LogP contribution is 2.11. The third-order valence-electron chi connectivity index (χ3n) is 3.77. The van der Waals surface area contributed by atoms with E-state index in [-0.39, 0.29) is 24.1 Å². The van der Waals surface area contributed by atoms with Crippen LogP contribution in [0, 0.1) is 5.92 Å². The molecule has 1 saturated heterocycles. The summed E-state index contributed by atoms with van der Waals surface area (Å²) in [5.74, 6) is 0.285. The molecule has 0 aromatic carbocycles. The van der Waals surface area contributed by atoms with Crippen LogP contribution in [-0.2, 0) is 0 Å². The molecule has 2 unspecified atom stereocenters. The second-order valence-corrected chi connectivity index (χ2v) is 6.55. The van der Waals surface area contributed by atoms with Crippen LogP contribution in [0.25, 0.3) is 0 Å². The van der Waals surface area contributed by atoms with Crippen molar-refractivity contribution in [2.45, 2.75) is 52.2 Å². The van der Waals surface area contributed by atoms with Crippen LogP contribution in [0.1, 0.15) is 40.0 Å². The van der Waals surface area contributed by atoms with Gasteiger partial charge in [0.05, 0.1) is 6.10 Å². The van der Waals surface area contributed by atoms with E-state index in [1.165, 1.54) is 5.57 Å². The van der Waals surface area contributed by atoms with Gasteiger partial charge in [-0.1, -0.05) is 19.1 Å². The summed E-state index contributed by atoms with van der Waals surface area (Å²) in [6.07, 6.45) is 2.37. The quantitative estimate of drug-likeness (QED) is 0.627. The zero-order valence-electron chi connectivity index (χ0n) is 13.7. The number of piperidine rings is 1. The van der Waals surface area contributed by atoms with Crippen LogP contribution in [-0.4, -0.2) is 54.4 Å². The molecule has 2 amide bonds. The molecule has 0 aromatic heterocycles. The minimum Gasteiger partial charge on any atom is -0.393 e. The summed E-state index contributed by atoms with van der Waals surface area (Å²) in [4.78, 5) is 14.2. The summed E-state index contributed by atoms with van der Waals surface area (Å²) in [5, 5.41) is 15.2. The summed E-state index contributed by atoms with van der Waals surface area (Å²) in [6, 6.07) is 0.171. The molecule has 0 spiro atoms. The van der Waals surface area contributed by atoms with E-state index in [9.17, 15) is 9.90 Å². The first-order valence-corrected chi connectivity index (χ1v) is 7.96. The van der Waals surface area contributed by atoms with Crippen LogP contribution < -0.4 is 10.6 Å². The number of hydrogen-bond acceptors (Lipinski definition) is 3. The number of carbonyl (C=O) groups is 1. The molecule has 1 fully saturated rings. The molecule has 0 radical (unpaired) electrons. The number of nitrogens with one attached hydrogen (secondary N) is 2. The van der Waals surface area contributed by atoms with Crippen molar-refractivity contribution >= 4 is 6.03 Å². The molecule has 2 atom stereocenters. The Morgan fingerprint density at radius 2 is 2.00 bits per heavy atom. The molecule has 1 aliphatic rings. The number of likely N-dealkylation sites (tertiary alicyclic amines) is 1. The van der Waals surface area contributed by atoms with Crippen LogP contribution in [0.3, 0.4) is 0 Å². The van der Waals surface area contributed by atoms with Crippen molar-refractivity contribution in [1.29, 1.82) is 0 Å². The van der Waals surface area contributed by atoms with Crippen LogP contribution in [0.2, 0.25) is 0 Å². The van der Waals surface area contributed by atoms with Gasteiger partial charge in [-0.2, -0.15) is 0 Å². The fourth-order valence-corrected chi connectivity index (χ4v) is 2.79. The van der Waals surface area contributed by atoms with Gasteiger partial charge in [0.25, 0.3) is 0 Å². The summed E-state index contributed by atoms with van der Waals surface area (Å²) in [6.45, 7) is 13.4. The van der Waals surface area contributed by atoms with Crippen molar-refractivity contribution in [3.8, 4) is 0 Å². The van der Waals surface area contributed by atoms with Gasteiger partial charge in [-0.25, -0.2) is 4.79 Å². The van der Waals surface area contributed by atoms with E-state index >= 15 is 0 Å². The zero-order chi connectivity index (χ0) is 15.8. The van der Waals surface area contributed by atoms with Crippen molar-refractivity contribution in [3.05, 3.63) is 12.2 Å². The predicted molar refractivity (Wildman–Crippen MR) is 86.3 cm³/mol. The molecule has 122 valence electrons. The molecule has 21 heavy (non-hydrogen) atoms. The highest BCUT2D eigenvalue weighted by atomic mass is 16.3. The minimum atomic E-state index is -0.317. The Labute approximate surface area is 128 Å². The number of amides is 2. The summed E-state index contributed by atoms with van der Waals surface area (Å²) in [5.41, 5.74) is 1.19. The third-order valence-corrected chi connectivity index (χ3v) is 3.77. The molecule has 1 rings (SSSR count). The molecular weight excluding hydrogens is 266 g/mol. The van der Waals surface area contributed by atoms with Crippen molar-refractivity contribution in [3.63, 3.8) is 0 Å². The van der Waals surface area contributed by atoms with Gasteiger partial charge >= 0.3 is 6.03 Å². The van der Waals surface area contributed by atoms with Gasteiger partial charge in [-0.15, -0.1) is 0 Å². The lowest BCUT2D eigenvalue weighted by molar-refractivity contribution is 0.162. The van der Waals surface area contributed by atoms with E-state index in [4.69, 9.17) is 0 Å². The molecule has 0 saturated carbocycles. The number of aliphatic hydroxyl groups excluding tert-OH is 1. The van der Waals surface area contributed by atoms with Crippen molar-refractivity contribution < 1.29 is 9.90 Å². The van der Waals surface area contributed by atoms with E-state index in [2.05, 4.69) is 22.1 Å².